The van der Waals surface area contributed by atoms with Crippen molar-refractivity contribution >= 4 is 17.4 Å². The Labute approximate surface area is 195 Å². The van der Waals surface area contributed by atoms with Crippen molar-refractivity contribution in [3.8, 4) is 5.75 Å². The minimum absolute atomic E-state index is 0.0351. The molecule has 1 atom stereocenters. The van der Waals surface area contributed by atoms with Gasteiger partial charge >= 0.3 is 0 Å². The number of ketones is 1. The van der Waals surface area contributed by atoms with E-state index in [2.05, 4.69) is 25.8 Å². The normalized spacial score (nSPS) is 18.3. The summed E-state index contributed by atoms with van der Waals surface area (Å²) in [6, 6.07) is 10.1. The third kappa shape index (κ3) is 5.09. The third-order valence-electron chi connectivity index (χ3n) is 5.83. The minimum atomic E-state index is -0.767. The lowest BCUT2D eigenvalue weighted by Crippen LogP contribution is -2.32. The van der Waals surface area contributed by atoms with E-state index in [4.69, 9.17) is 4.74 Å². The molecule has 1 amide bonds. The highest BCUT2D eigenvalue weighted by atomic mass is 16.5. The Morgan fingerprint density at radius 3 is 2.48 bits per heavy atom. The zero-order chi connectivity index (χ0) is 24.3. The van der Waals surface area contributed by atoms with Gasteiger partial charge in [-0.3, -0.25) is 14.6 Å². The number of ether oxygens (including phenoxy) is 1. The second-order valence-corrected chi connectivity index (χ2v) is 9.57. The quantitative estimate of drug-likeness (QED) is 0.392. The van der Waals surface area contributed by atoms with Crippen LogP contribution in [-0.2, 0) is 15.0 Å². The van der Waals surface area contributed by atoms with E-state index in [-0.39, 0.29) is 16.7 Å². The number of carbonyl (C=O) groups excluding carboxylic acids is 2. The molecule has 1 aliphatic rings. The van der Waals surface area contributed by atoms with Crippen molar-refractivity contribution in [2.75, 3.05) is 34.3 Å². The largest absolute Gasteiger partial charge is 0.507 e. The van der Waals surface area contributed by atoms with Crippen molar-refractivity contribution in [1.29, 1.82) is 0 Å². The highest BCUT2D eigenvalue weighted by Gasteiger charge is 2.46. The Morgan fingerprint density at radius 2 is 1.91 bits per heavy atom. The summed E-state index contributed by atoms with van der Waals surface area (Å²) in [5.41, 5.74) is 1.75. The monoisotopic (exact) mass is 451 g/mol. The maximum absolute atomic E-state index is 13.2. The number of carbonyl (C=O) groups is 2. The predicted molar refractivity (Wildman–Crippen MR) is 128 cm³/mol. The molecule has 1 fully saturated rings. The fraction of sp³-hybridized carbons (Fsp3) is 0.423. The average molecular weight is 452 g/mol. The number of aliphatic hydroxyl groups is 1. The number of benzene rings is 1. The van der Waals surface area contributed by atoms with Gasteiger partial charge in [-0.05, 0) is 62.3 Å². The van der Waals surface area contributed by atoms with Crippen LogP contribution in [0.3, 0.4) is 0 Å². The van der Waals surface area contributed by atoms with Crippen LogP contribution in [0, 0.1) is 0 Å². The third-order valence-corrected chi connectivity index (χ3v) is 5.83. The predicted octanol–water partition coefficient (Wildman–Crippen LogP) is 3.76. The molecular weight excluding hydrogens is 418 g/mol. The van der Waals surface area contributed by atoms with Gasteiger partial charge in [0.2, 0.25) is 0 Å². The molecule has 2 aromatic rings. The number of aliphatic hydroxyl groups excluding tert-OH is 1. The highest BCUT2D eigenvalue weighted by Crippen LogP contribution is 2.41. The van der Waals surface area contributed by atoms with Gasteiger partial charge in [-0.1, -0.05) is 32.9 Å². The smallest absolute Gasteiger partial charge is 0.295 e. The number of likely N-dealkylation sites (tertiary alicyclic amines) is 1. The first kappa shape index (κ1) is 24.5. The summed E-state index contributed by atoms with van der Waals surface area (Å²) in [7, 11) is 5.43. The molecule has 0 saturated carbocycles. The lowest BCUT2D eigenvalue weighted by atomic mass is 9.85. The number of hydrogen-bond donors (Lipinski definition) is 1. The van der Waals surface area contributed by atoms with E-state index in [0.29, 0.717) is 30.0 Å². The van der Waals surface area contributed by atoms with Crippen LogP contribution in [0.4, 0.5) is 0 Å². The molecule has 7 heteroatoms. The number of methoxy groups -OCH3 is 1. The molecule has 0 aliphatic carbocycles. The molecule has 1 saturated heterocycles. The SMILES string of the molecule is COc1ccc(C(C)(C)C)cc1/C(O)=C1\C(=O)C(=O)N(CCCN(C)C)C1c1ccccn1. The van der Waals surface area contributed by atoms with Gasteiger partial charge < -0.3 is 19.6 Å². The Kier molecular flexibility index (Phi) is 7.22. The maximum Gasteiger partial charge on any atom is 0.295 e. The van der Waals surface area contributed by atoms with Crippen LogP contribution in [0.5, 0.6) is 5.75 Å². The highest BCUT2D eigenvalue weighted by molar-refractivity contribution is 6.46. The van der Waals surface area contributed by atoms with Crippen LogP contribution in [0.15, 0.2) is 48.2 Å². The first-order valence-electron chi connectivity index (χ1n) is 11.1. The summed E-state index contributed by atoms with van der Waals surface area (Å²) >= 11 is 0. The molecule has 1 aromatic carbocycles. The topological polar surface area (TPSA) is 83.0 Å². The van der Waals surface area contributed by atoms with Crippen LogP contribution < -0.4 is 4.74 Å². The number of pyridine rings is 1. The molecule has 176 valence electrons. The van der Waals surface area contributed by atoms with Crippen LogP contribution in [0.2, 0.25) is 0 Å². The van der Waals surface area contributed by atoms with Crippen molar-refractivity contribution in [3.05, 3.63) is 65.0 Å². The summed E-state index contributed by atoms with van der Waals surface area (Å²) in [5.74, 6) is -1.16. The number of Topliss-reactive ketones (excluding diaryl/α,β-unsaturated/α-hetero) is 1. The van der Waals surface area contributed by atoms with Crippen molar-refractivity contribution in [1.82, 2.24) is 14.8 Å². The van der Waals surface area contributed by atoms with Gasteiger partial charge in [-0.2, -0.15) is 0 Å². The second-order valence-electron chi connectivity index (χ2n) is 9.57. The summed E-state index contributed by atoms with van der Waals surface area (Å²) in [6.45, 7) is 7.34. The lowest BCUT2D eigenvalue weighted by Gasteiger charge is -2.25. The van der Waals surface area contributed by atoms with Crippen molar-refractivity contribution in [3.63, 3.8) is 0 Å². The van der Waals surface area contributed by atoms with Crippen LogP contribution in [0.25, 0.3) is 5.76 Å². The molecule has 1 N–H and O–H groups in total. The molecule has 1 aliphatic heterocycles. The first-order chi connectivity index (χ1) is 15.6. The summed E-state index contributed by atoms with van der Waals surface area (Å²) < 4.78 is 5.49. The van der Waals surface area contributed by atoms with Gasteiger partial charge in [-0.25, -0.2) is 0 Å². The van der Waals surface area contributed by atoms with Gasteiger partial charge in [0.15, 0.2) is 0 Å². The zero-order valence-corrected chi connectivity index (χ0v) is 20.3. The van der Waals surface area contributed by atoms with E-state index in [0.717, 1.165) is 12.1 Å². The van der Waals surface area contributed by atoms with Crippen LogP contribution in [-0.4, -0.2) is 65.9 Å². The van der Waals surface area contributed by atoms with Gasteiger partial charge in [-0.15, -0.1) is 0 Å². The van der Waals surface area contributed by atoms with Gasteiger partial charge in [0.1, 0.15) is 17.6 Å². The molecule has 33 heavy (non-hydrogen) atoms. The van der Waals surface area contributed by atoms with E-state index < -0.39 is 17.7 Å². The average Bonchev–Trinajstić information content (AvgIpc) is 3.03. The first-order valence-corrected chi connectivity index (χ1v) is 11.1. The Bertz CT molecular complexity index is 1050. The summed E-state index contributed by atoms with van der Waals surface area (Å²) in [4.78, 5) is 34.2. The van der Waals surface area contributed by atoms with Crippen molar-refractivity contribution in [2.45, 2.75) is 38.6 Å². The molecule has 7 nitrogen and oxygen atoms in total. The number of aromatic nitrogens is 1. The zero-order valence-electron chi connectivity index (χ0n) is 20.3. The van der Waals surface area contributed by atoms with Crippen LogP contribution in [0.1, 0.15) is 50.1 Å². The van der Waals surface area contributed by atoms with Gasteiger partial charge in [0.25, 0.3) is 11.7 Å². The Hall–Kier alpha value is -3.19. The molecule has 1 unspecified atom stereocenters. The minimum Gasteiger partial charge on any atom is -0.507 e. The maximum atomic E-state index is 13.2. The Balaban J connectivity index is 2.18. The summed E-state index contributed by atoms with van der Waals surface area (Å²) in [6.07, 6.45) is 2.31. The lowest BCUT2D eigenvalue weighted by molar-refractivity contribution is -0.140. The van der Waals surface area contributed by atoms with E-state index in [9.17, 15) is 14.7 Å². The Morgan fingerprint density at radius 1 is 1.18 bits per heavy atom. The van der Waals surface area contributed by atoms with Gasteiger partial charge in [0, 0.05) is 12.7 Å². The molecule has 2 heterocycles. The number of amides is 1. The van der Waals surface area contributed by atoms with E-state index in [1.165, 1.54) is 12.0 Å². The second kappa shape index (κ2) is 9.75. The van der Waals surface area contributed by atoms with Crippen molar-refractivity contribution in [2.24, 2.45) is 0 Å². The molecule has 3 rings (SSSR count). The molecule has 1 aromatic heterocycles. The fourth-order valence-corrected chi connectivity index (χ4v) is 4.02. The van der Waals surface area contributed by atoms with Gasteiger partial charge in [0.05, 0.1) is 23.9 Å². The van der Waals surface area contributed by atoms with E-state index in [1.54, 1.807) is 24.4 Å². The van der Waals surface area contributed by atoms with Crippen LogP contribution >= 0.6 is 0 Å². The van der Waals surface area contributed by atoms with Crippen molar-refractivity contribution < 1.29 is 19.4 Å². The molecule has 0 spiro atoms. The number of nitrogens with zero attached hydrogens (tertiary/aromatic N) is 3. The number of hydrogen-bond acceptors (Lipinski definition) is 6. The standard InChI is InChI=1S/C26H33N3O4/c1-26(2,3)17-11-12-20(33-6)18(16-17)23(30)21-22(19-10-7-8-13-27-19)29(25(32)24(21)31)15-9-14-28(4)5/h7-8,10-13,16,22,30H,9,14-15H2,1-6H3/b23-21+. The molecule has 0 radical (unpaired) electrons. The van der Waals surface area contributed by atoms with E-state index in [1.807, 2.05) is 37.2 Å². The van der Waals surface area contributed by atoms with E-state index >= 15 is 0 Å². The molecular formula is C26H33N3O4. The fourth-order valence-electron chi connectivity index (χ4n) is 4.02. The molecule has 0 bridgehead atoms. The summed E-state index contributed by atoms with van der Waals surface area (Å²) in [5, 5.41) is 11.4. The number of rotatable bonds is 7.